The van der Waals surface area contributed by atoms with Gasteiger partial charge in [0.1, 0.15) is 0 Å². The monoisotopic (exact) mass is 280 g/mol. The van der Waals surface area contributed by atoms with Crippen LogP contribution in [-0.4, -0.2) is 0 Å². The van der Waals surface area contributed by atoms with E-state index in [1.165, 1.54) is 0 Å². The van der Waals surface area contributed by atoms with E-state index in [1.54, 1.807) is 0 Å². The number of anilines is 2. The van der Waals surface area contributed by atoms with E-state index in [2.05, 4.69) is 24.5 Å². The predicted molar refractivity (Wildman–Crippen MR) is 82.6 cm³/mol. The first-order valence-corrected chi connectivity index (χ1v) is 9.14. The molecule has 0 amide bonds. The van der Waals surface area contributed by atoms with Crippen LogP contribution in [0.25, 0.3) is 0 Å². The Hall–Kier alpha value is -0.830. The van der Waals surface area contributed by atoms with Crippen LogP contribution in [0.1, 0.15) is 0 Å². The van der Waals surface area contributed by atoms with Gasteiger partial charge in [-0.25, -0.2) is 0 Å². The summed E-state index contributed by atoms with van der Waals surface area (Å²) < 4.78 is 1.86. The highest BCUT2D eigenvalue weighted by molar-refractivity contribution is 8.81. The quantitative estimate of drug-likeness (QED) is 0.522. The van der Waals surface area contributed by atoms with Gasteiger partial charge in [-0.2, -0.15) is 0 Å². The fourth-order valence-electron chi connectivity index (χ4n) is 1.61. The molecule has 0 bridgehead atoms. The van der Waals surface area contributed by atoms with Crippen LogP contribution >= 0.6 is 30.1 Å². The minimum atomic E-state index is -2.50. The maximum Gasteiger partial charge on any atom is 0.159 e. The summed E-state index contributed by atoms with van der Waals surface area (Å²) in [7, 11) is 0. The molecule has 0 fully saturated rings. The van der Waals surface area contributed by atoms with Gasteiger partial charge in [0.25, 0.3) is 0 Å². The van der Waals surface area contributed by atoms with Crippen molar-refractivity contribution < 1.29 is 0 Å². The lowest BCUT2D eigenvalue weighted by atomic mass is 10.3. The topological polar surface area (TPSA) is 27.1 Å². The van der Waals surface area contributed by atoms with Gasteiger partial charge in [0.05, 0.1) is 0 Å². The van der Waals surface area contributed by atoms with Gasteiger partial charge in [0.2, 0.25) is 0 Å². The molecule has 2 rings (SSSR count). The summed E-state index contributed by atoms with van der Waals surface area (Å²) in [6, 6.07) is 19.5. The Morgan fingerprint density at radius 1 is 0.765 bits per heavy atom. The first-order valence-electron chi connectivity index (χ1n) is 5.09. The van der Waals surface area contributed by atoms with Gasteiger partial charge in [-0.05, 0) is 24.3 Å². The van der Waals surface area contributed by atoms with Gasteiger partial charge < -0.3 is 0 Å². The molecule has 0 unspecified atom stereocenters. The van der Waals surface area contributed by atoms with Gasteiger partial charge in [-0.3, -0.25) is 9.83 Å². The van der Waals surface area contributed by atoms with Crippen LogP contribution < -0.4 is 4.67 Å². The Morgan fingerprint density at radius 2 is 1.12 bits per heavy atom. The van der Waals surface area contributed by atoms with Gasteiger partial charge >= 0.3 is 0 Å². The second-order valence-corrected chi connectivity index (χ2v) is 9.51. The van der Waals surface area contributed by atoms with Crippen molar-refractivity contribution in [2.75, 3.05) is 4.67 Å². The molecule has 0 saturated carbocycles. The van der Waals surface area contributed by atoms with Crippen molar-refractivity contribution >= 4 is 41.5 Å². The van der Waals surface area contributed by atoms with Crippen LogP contribution in [0.4, 0.5) is 11.4 Å². The van der Waals surface area contributed by atoms with Crippen molar-refractivity contribution in [3.63, 3.8) is 0 Å². The molecule has 0 aliphatic heterocycles. The van der Waals surface area contributed by atoms with Gasteiger partial charge in [-0.1, -0.05) is 36.4 Å². The van der Waals surface area contributed by atoms with E-state index in [4.69, 9.17) is 5.16 Å². The van der Waals surface area contributed by atoms with Crippen LogP contribution in [0.2, 0.25) is 0 Å². The first kappa shape index (κ1) is 12.6. The predicted octanol–water partition coefficient (Wildman–Crippen LogP) is 5.21. The van der Waals surface area contributed by atoms with E-state index < -0.39 is 5.61 Å². The minimum Gasteiger partial charge on any atom is -0.292 e. The Bertz CT molecular complexity index is 485. The summed E-state index contributed by atoms with van der Waals surface area (Å²) in [5.41, 5.74) is -0.623. The fraction of sp³-hybridized carbons (Fsp3) is 0. The Kier molecular flexibility index (Phi) is 3.87. The van der Waals surface area contributed by atoms with Gasteiger partial charge in [0.15, 0.2) is 5.61 Å². The molecule has 17 heavy (non-hydrogen) atoms. The molecule has 88 valence electrons. The maximum atomic E-state index is 8.13. The molecule has 2 aromatic rings. The summed E-state index contributed by atoms with van der Waals surface area (Å²) in [6.45, 7) is 0. The van der Waals surface area contributed by atoms with E-state index in [-0.39, 0.29) is 0 Å². The summed E-state index contributed by atoms with van der Waals surface area (Å²) in [5.74, 6) is 0. The summed E-state index contributed by atoms with van der Waals surface area (Å²) in [5, 5.41) is 8.13. The second-order valence-electron chi connectivity index (χ2n) is 3.55. The molecular formula is C12H13N2PS2. The highest BCUT2D eigenvalue weighted by Gasteiger charge is 2.19. The molecule has 0 aliphatic carbocycles. The summed E-state index contributed by atoms with van der Waals surface area (Å²) in [4.78, 5) is 0. The van der Waals surface area contributed by atoms with E-state index in [1.807, 2.05) is 65.3 Å². The molecule has 1 N–H and O–H groups in total. The molecule has 5 heteroatoms. The number of hydrogen-bond acceptors (Lipinski definition) is 1. The number of benzene rings is 2. The molecule has 0 aliphatic rings. The molecule has 0 atom stereocenters. The van der Waals surface area contributed by atoms with Crippen LogP contribution in [-0.2, 0) is 0 Å². The van der Waals surface area contributed by atoms with Crippen LogP contribution in [0, 0.1) is 5.16 Å². The lowest BCUT2D eigenvalue weighted by Crippen LogP contribution is -2.07. The summed E-state index contributed by atoms with van der Waals surface area (Å²) in [6.07, 6.45) is 0. The molecule has 2 aromatic carbocycles. The zero-order valence-corrected chi connectivity index (χ0v) is 11.7. The smallest absolute Gasteiger partial charge is 0.159 e. The van der Waals surface area contributed by atoms with Crippen molar-refractivity contribution in [2.24, 2.45) is 0 Å². The average Bonchev–Trinajstić information content (AvgIpc) is 2.30. The fourth-order valence-corrected chi connectivity index (χ4v) is 3.76. The van der Waals surface area contributed by atoms with Crippen molar-refractivity contribution in [1.82, 2.24) is 0 Å². The summed E-state index contributed by atoms with van der Waals surface area (Å²) >= 11 is 8.68. The Labute approximate surface area is 112 Å². The van der Waals surface area contributed by atoms with E-state index >= 15 is 0 Å². The lowest BCUT2D eigenvalue weighted by Gasteiger charge is -2.29. The van der Waals surface area contributed by atoms with E-state index in [0.29, 0.717) is 0 Å². The van der Waals surface area contributed by atoms with Gasteiger partial charge in [-0.15, -0.1) is 24.5 Å². The zero-order chi connectivity index (χ0) is 12.3. The average molecular weight is 280 g/mol. The Balaban J connectivity index is 2.52. The number of nitrogens with zero attached hydrogens (tertiary/aromatic N) is 1. The van der Waals surface area contributed by atoms with E-state index in [9.17, 15) is 0 Å². The number of nitrogens with one attached hydrogen (secondary N) is 1. The minimum absolute atomic E-state index is 0.937. The first-order chi connectivity index (χ1) is 8.09. The third-order valence-electron chi connectivity index (χ3n) is 2.28. The van der Waals surface area contributed by atoms with Crippen LogP contribution in [0.5, 0.6) is 0 Å². The molecule has 2 nitrogen and oxygen atoms in total. The van der Waals surface area contributed by atoms with E-state index in [0.717, 1.165) is 11.4 Å². The standard InChI is InChI=1S/C12H13N2PS2/c13-15(16,17)14(11-7-3-1-4-8-11)12-9-5-2-6-10-12/h1-10H,(H3,13,16,17). The highest BCUT2D eigenvalue weighted by Crippen LogP contribution is 2.64. The molecule has 0 saturated heterocycles. The molecule has 0 heterocycles. The highest BCUT2D eigenvalue weighted by atomic mass is 33.1. The second kappa shape index (κ2) is 5.21. The molecular weight excluding hydrogens is 267 g/mol. The number of rotatable bonds is 3. The Morgan fingerprint density at radius 3 is 1.41 bits per heavy atom. The number of hydrogen-bond donors (Lipinski definition) is 3. The zero-order valence-electron chi connectivity index (χ0n) is 9.06. The molecule has 0 radical (unpaired) electrons. The lowest BCUT2D eigenvalue weighted by molar-refractivity contribution is 1.40. The van der Waals surface area contributed by atoms with Crippen molar-refractivity contribution in [3.05, 3.63) is 60.7 Å². The molecule has 0 spiro atoms. The normalized spacial score (nSPS) is 11.2. The molecule has 0 aromatic heterocycles. The number of para-hydroxylation sites is 2. The third kappa shape index (κ3) is 3.09. The van der Waals surface area contributed by atoms with Crippen molar-refractivity contribution in [2.45, 2.75) is 0 Å². The maximum absolute atomic E-state index is 8.13. The number of thiol groups is 2. The van der Waals surface area contributed by atoms with Crippen molar-refractivity contribution in [1.29, 1.82) is 5.16 Å². The SMILES string of the molecule is N=P(S)(S)N(c1ccccc1)c1ccccc1. The third-order valence-corrected chi connectivity index (χ3v) is 4.37. The van der Waals surface area contributed by atoms with Crippen LogP contribution in [0.3, 0.4) is 0 Å². The van der Waals surface area contributed by atoms with Crippen LogP contribution in [0.15, 0.2) is 60.7 Å². The van der Waals surface area contributed by atoms with Gasteiger partial charge in [0, 0.05) is 11.4 Å². The largest absolute Gasteiger partial charge is 0.292 e. The van der Waals surface area contributed by atoms with Crippen molar-refractivity contribution in [3.8, 4) is 0 Å².